The Morgan fingerprint density at radius 2 is 1.80 bits per heavy atom. The molecule has 2 aromatic rings. The van der Waals surface area contributed by atoms with Crippen LogP contribution in [0.15, 0.2) is 48.5 Å². The van der Waals surface area contributed by atoms with Gasteiger partial charge in [-0.1, -0.05) is 26.0 Å². The Bertz CT molecular complexity index is 787. The number of anilines is 1. The second kappa shape index (κ2) is 11.0. The fraction of sp³-hybridized carbons (Fsp3) is 0.458. The molecule has 5 nitrogen and oxygen atoms in total. The number of piperidine rings is 1. The Morgan fingerprint density at radius 3 is 2.43 bits per heavy atom. The van der Waals surface area contributed by atoms with Crippen LogP contribution in [0.3, 0.4) is 0 Å². The molecule has 0 unspecified atom stereocenters. The molecule has 0 saturated carbocycles. The fourth-order valence-corrected chi connectivity index (χ4v) is 3.54. The molecule has 0 aromatic heterocycles. The van der Waals surface area contributed by atoms with Gasteiger partial charge in [-0.15, -0.1) is 0 Å². The molecule has 0 atom stereocenters. The molecule has 1 heterocycles. The lowest BCUT2D eigenvalue weighted by Crippen LogP contribution is -2.47. The number of carbonyl (C=O) groups is 1. The third kappa shape index (κ3) is 6.73. The van der Waals surface area contributed by atoms with Gasteiger partial charge in [0.1, 0.15) is 11.6 Å². The Hall–Kier alpha value is -2.60. The van der Waals surface area contributed by atoms with Crippen LogP contribution < -0.4 is 15.4 Å². The smallest absolute Gasteiger partial charge is 0.242 e. The van der Waals surface area contributed by atoms with Gasteiger partial charge in [-0.2, -0.15) is 0 Å². The van der Waals surface area contributed by atoms with Gasteiger partial charge >= 0.3 is 0 Å². The maximum atomic E-state index is 13.3. The summed E-state index contributed by atoms with van der Waals surface area (Å²) in [5.74, 6) is 1.09. The molecule has 2 aromatic carbocycles. The molecule has 1 saturated heterocycles. The maximum Gasteiger partial charge on any atom is 0.242 e. The highest BCUT2D eigenvalue weighted by atomic mass is 19.1. The summed E-state index contributed by atoms with van der Waals surface area (Å²) < 4.78 is 19.0. The lowest BCUT2D eigenvalue weighted by atomic mass is 10.0. The maximum absolute atomic E-state index is 13.3. The Kier molecular flexibility index (Phi) is 8.08. The monoisotopic (exact) mass is 413 g/mol. The summed E-state index contributed by atoms with van der Waals surface area (Å²) in [6, 6.07) is 14.3. The first-order valence-electron chi connectivity index (χ1n) is 10.7. The quantitative estimate of drug-likeness (QED) is 0.651. The molecule has 3 rings (SSSR count). The molecule has 162 valence electrons. The molecule has 0 spiro atoms. The minimum absolute atomic E-state index is 0.0476. The summed E-state index contributed by atoms with van der Waals surface area (Å²) in [5, 5.41) is 6.57. The second-order valence-corrected chi connectivity index (χ2v) is 8.21. The molecular weight excluding hydrogens is 381 g/mol. The molecule has 0 aliphatic carbocycles. The van der Waals surface area contributed by atoms with Crippen molar-refractivity contribution in [2.24, 2.45) is 5.92 Å². The zero-order valence-electron chi connectivity index (χ0n) is 17.9. The van der Waals surface area contributed by atoms with Crippen LogP contribution in [-0.4, -0.2) is 43.1 Å². The van der Waals surface area contributed by atoms with Crippen molar-refractivity contribution in [1.82, 2.24) is 10.2 Å². The summed E-state index contributed by atoms with van der Waals surface area (Å²) >= 11 is 0. The number of benzene rings is 2. The average Bonchev–Trinajstić information content (AvgIpc) is 2.77. The number of rotatable bonds is 9. The fourth-order valence-electron chi connectivity index (χ4n) is 3.54. The van der Waals surface area contributed by atoms with E-state index in [0.29, 0.717) is 19.1 Å². The van der Waals surface area contributed by atoms with Gasteiger partial charge in [0.2, 0.25) is 5.91 Å². The molecule has 1 aliphatic rings. The molecule has 2 N–H and O–H groups in total. The molecule has 30 heavy (non-hydrogen) atoms. The minimum Gasteiger partial charge on any atom is -0.493 e. The first-order valence-corrected chi connectivity index (χ1v) is 10.7. The van der Waals surface area contributed by atoms with Gasteiger partial charge in [0.25, 0.3) is 0 Å². The summed E-state index contributed by atoms with van der Waals surface area (Å²) in [5.41, 5.74) is 1.82. The van der Waals surface area contributed by atoms with Crippen LogP contribution in [0.4, 0.5) is 10.1 Å². The number of hydrogen-bond donors (Lipinski definition) is 2. The van der Waals surface area contributed by atoms with Crippen molar-refractivity contribution < 1.29 is 13.9 Å². The third-order valence-corrected chi connectivity index (χ3v) is 5.22. The average molecular weight is 414 g/mol. The number of nitrogens with one attached hydrogen (secondary N) is 2. The topological polar surface area (TPSA) is 53.6 Å². The lowest BCUT2D eigenvalue weighted by molar-refractivity contribution is -0.132. The van der Waals surface area contributed by atoms with Crippen molar-refractivity contribution in [2.75, 3.05) is 31.6 Å². The van der Waals surface area contributed by atoms with Gasteiger partial charge in [0.15, 0.2) is 0 Å². The highest BCUT2D eigenvalue weighted by molar-refractivity contribution is 5.81. The van der Waals surface area contributed by atoms with E-state index in [1.54, 1.807) is 12.1 Å². The van der Waals surface area contributed by atoms with E-state index in [4.69, 9.17) is 4.74 Å². The summed E-state index contributed by atoms with van der Waals surface area (Å²) in [6.07, 6.45) is 1.85. The van der Waals surface area contributed by atoms with Gasteiger partial charge in [0.05, 0.1) is 13.2 Å². The zero-order valence-corrected chi connectivity index (χ0v) is 17.9. The van der Waals surface area contributed by atoms with Crippen molar-refractivity contribution >= 4 is 11.6 Å². The minimum atomic E-state index is -0.263. The van der Waals surface area contributed by atoms with E-state index in [1.165, 1.54) is 12.1 Å². The predicted octanol–water partition coefficient (Wildman–Crippen LogP) is 4.05. The van der Waals surface area contributed by atoms with Crippen molar-refractivity contribution in [1.29, 1.82) is 0 Å². The summed E-state index contributed by atoms with van der Waals surface area (Å²) in [7, 11) is 0. The SMILES string of the molecule is CC(C)COc1ccc(NCC(=O)N(Cc2ccc(F)cc2)C2CCNCC2)cc1. The van der Waals surface area contributed by atoms with Crippen LogP contribution >= 0.6 is 0 Å². The molecule has 1 fully saturated rings. The van der Waals surface area contributed by atoms with Crippen LogP contribution in [0.2, 0.25) is 0 Å². The number of carbonyl (C=O) groups excluding carboxylic acids is 1. The number of halogens is 1. The Morgan fingerprint density at radius 1 is 1.13 bits per heavy atom. The van der Waals surface area contributed by atoms with Crippen LogP contribution in [0, 0.1) is 11.7 Å². The lowest BCUT2D eigenvalue weighted by Gasteiger charge is -2.35. The zero-order chi connectivity index (χ0) is 21.3. The van der Waals surface area contributed by atoms with E-state index >= 15 is 0 Å². The van der Waals surface area contributed by atoms with E-state index in [0.717, 1.165) is 42.9 Å². The number of amides is 1. The van der Waals surface area contributed by atoms with Crippen molar-refractivity contribution in [3.63, 3.8) is 0 Å². The van der Waals surface area contributed by atoms with Crippen LogP contribution in [0.1, 0.15) is 32.3 Å². The standard InChI is InChI=1S/C24H32FN3O2/c1-18(2)17-30-23-9-7-21(8-10-23)27-15-24(29)28(22-11-13-26-14-12-22)16-19-3-5-20(25)6-4-19/h3-10,18,22,26-27H,11-17H2,1-2H3. The van der Waals surface area contributed by atoms with E-state index in [-0.39, 0.29) is 24.3 Å². The van der Waals surface area contributed by atoms with Gasteiger partial charge < -0.3 is 20.3 Å². The van der Waals surface area contributed by atoms with E-state index in [2.05, 4.69) is 24.5 Å². The normalized spacial score (nSPS) is 14.5. The first-order chi connectivity index (χ1) is 14.5. The van der Waals surface area contributed by atoms with E-state index in [1.807, 2.05) is 29.2 Å². The molecule has 6 heteroatoms. The Labute approximate surface area is 178 Å². The van der Waals surface area contributed by atoms with Gasteiger partial charge in [-0.25, -0.2) is 4.39 Å². The number of nitrogens with zero attached hydrogens (tertiary/aromatic N) is 1. The molecule has 0 bridgehead atoms. The van der Waals surface area contributed by atoms with Crippen LogP contribution in [0.5, 0.6) is 5.75 Å². The van der Waals surface area contributed by atoms with Gasteiger partial charge in [-0.3, -0.25) is 4.79 Å². The van der Waals surface area contributed by atoms with E-state index in [9.17, 15) is 9.18 Å². The highest BCUT2D eigenvalue weighted by Crippen LogP contribution is 2.19. The number of ether oxygens (including phenoxy) is 1. The van der Waals surface area contributed by atoms with Crippen LogP contribution in [0.25, 0.3) is 0 Å². The first kappa shape index (κ1) is 22.1. The van der Waals surface area contributed by atoms with Crippen LogP contribution in [-0.2, 0) is 11.3 Å². The van der Waals surface area contributed by atoms with Crippen molar-refractivity contribution in [3.8, 4) is 5.75 Å². The highest BCUT2D eigenvalue weighted by Gasteiger charge is 2.25. The molecule has 1 amide bonds. The summed E-state index contributed by atoms with van der Waals surface area (Å²) in [4.78, 5) is 15.0. The number of hydrogen-bond acceptors (Lipinski definition) is 4. The predicted molar refractivity (Wildman–Crippen MR) is 118 cm³/mol. The molecule has 1 aliphatic heterocycles. The van der Waals surface area contributed by atoms with Gasteiger partial charge in [0, 0.05) is 18.3 Å². The molecular formula is C24H32FN3O2. The van der Waals surface area contributed by atoms with Crippen molar-refractivity contribution in [3.05, 3.63) is 59.9 Å². The van der Waals surface area contributed by atoms with Gasteiger partial charge in [-0.05, 0) is 73.8 Å². The Balaban J connectivity index is 1.60. The van der Waals surface area contributed by atoms with Crippen molar-refractivity contribution in [2.45, 2.75) is 39.3 Å². The summed E-state index contributed by atoms with van der Waals surface area (Å²) in [6.45, 7) is 7.43. The van der Waals surface area contributed by atoms with E-state index < -0.39 is 0 Å². The molecule has 0 radical (unpaired) electrons. The largest absolute Gasteiger partial charge is 0.493 e. The third-order valence-electron chi connectivity index (χ3n) is 5.22. The second-order valence-electron chi connectivity index (χ2n) is 8.21.